The highest BCUT2D eigenvalue weighted by Crippen LogP contribution is 2.30. The van der Waals surface area contributed by atoms with Crippen molar-refractivity contribution in [1.29, 1.82) is 0 Å². The molecule has 0 aliphatic carbocycles. The third-order valence-electron chi connectivity index (χ3n) is 6.07. The van der Waals surface area contributed by atoms with E-state index in [2.05, 4.69) is 10.6 Å². The first-order chi connectivity index (χ1) is 15.8. The first-order valence-electron chi connectivity index (χ1n) is 11.1. The summed E-state index contributed by atoms with van der Waals surface area (Å²) in [7, 11) is 0. The number of benzene rings is 2. The van der Waals surface area contributed by atoms with Crippen LogP contribution < -0.4 is 15.4 Å². The highest BCUT2D eigenvalue weighted by Gasteiger charge is 2.49. The van der Waals surface area contributed by atoms with Crippen LogP contribution in [0.25, 0.3) is 0 Å². The van der Waals surface area contributed by atoms with Gasteiger partial charge in [0.2, 0.25) is 5.91 Å². The summed E-state index contributed by atoms with van der Waals surface area (Å²) in [6.07, 6.45) is 2.00. The molecule has 4 amide bonds. The number of hydrogen-bond donors (Lipinski definition) is 2. The highest BCUT2D eigenvalue weighted by molar-refractivity contribution is 6.10. The second-order valence-electron chi connectivity index (χ2n) is 8.81. The molecule has 4 rings (SSSR count). The lowest BCUT2D eigenvalue weighted by molar-refractivity contribution is -0.133. The highest BCUT2D eigenvalue weighted by atomic mass is 16.5. The van der Waals surface area contributed by atoms with Crippen LogP contribution in [0.1, 0.15) is 36.5 Å². The standard InChI is InChI=1S/C25H29N3O5/c1-16-6-9-18(10-7-16)25(3)23(30)28(24(31)27-25)14-22(29)26-20-11-8-17(2)13-21(20)33-15-19-5-4-12-32-19/h6-11,13,19H,4-5,12,14-15H2,1-3H3,(H,26,29)(H,27,31). The second kappa shape index (κ2) is 9.23. The molecule has 2 aliphatic heterocycles. The van der Waals surface area contributed by atoms with E-state index in [1.165, 1.54) is 0 Å². The average Bonchev–Trinajstić information content (AvgIpc) is 3.37. The van der Waals surface area contributed by atoms with E-state index >= 15 is 0 Å². The smallest absolute Gasteiger partial charge is 0.325 e. The van der Waals surface area contributed by atoms with Gasteiger partial charge in [-0.05, 0) is 56.9 Å². The molecule has 2 fully saturated rings. The summed E-state index contributed by atoms with van der Waals surface area (Å²) >= 11 is 0. The van der Waals surface area contributed by atoms with Crippen LogP contribution in [0.2, 0.25) is 0 Å². The van der Waals surface area contributed by atoms with Gasteiger partial charge in [-0.3, -0.25) is 14.5 Å². The number of nitrogens with one attached hydrogen (secondary N) is 2. The fraction of sp³-hybridized carbons (Fsp3) is 0.400. The summed E-state index contributed by atoms with van der Waals surface area (Å²) in [4.78, 5) is 39.4. The zero-order valence-corrected chi connectivity index (χ0v) is 19.1. The van der Waals surface area contributed by atoms with Gasteiger partial charge in [-0.25, -0.2) is 4.79 Å². The Bertz CT molecular complexity index is 1060. The number of rotatable bonds is 7. The molecule has 2 heterocycles. The number of ether oxygens (including phenoxy) is 2. The Morgan fingerprint density at radius 3 is 2.61 bits per heavy atom. The van der Waals surface area contributed by atoms with Gasteiger partial charge in [0.05, 0.1) is 11.8 Å². The molecule has 0 radical (unpaired) electrons. The summed E-state index contributed by atoms with van der Waals surface area (Å²) in [6, 6.07) is 12.2. The van der Waals surface area contributed by atoms with Crippen molar-refractivity contribution in [2.75, 3.05) is 25.1 Å². The minimum absolute atomic E-state index is 0.0411. The Morgan fingerprint density at radius 1 is 1.18 bits per heavy atom. The molecule has 2 aromatic rings. The maximum Gasteiger partial charge on any atom is 0.325 e. The molecule has 33 heavy (non-hydrogen) atoms. The molecular formula is C25H29N3O5. The number of amides is 4. The molecule has 0 saturated carbocycles. The normalized spacial score (nSPS) is 22.4. The van der Waals surface area contributed by atoms with E-state index in [0.29, 0.717) is 23.6 Å². The molecule has 2 unspecified atom stereocenters. The fourth-order valence-electron chi connectivity index (χ4n) is 4.07. The van der Waals surface area contributed by atoms with Crippen molar-refractivity contribution in [3.8, 4) is 5.75 Å². The molecule has 2 N–H and O–H groups in total. The first-order valence-corrected chi connectivity index (χ1v) is 11.1. The molecular weight excluding hydrogens is 422 g/mol. The quantitative estimate of drug-likeness (QED) is 0.630. The van der Waals surface area contributed by atoms with Gasteiger partial charge >= 0.3 is 6.03 Å². The minimum Gasteiger partial charge on any atom is -0.489 e. The van der Waals surface area contributed by atoms with E-state index in [0.717, 1.165) is 35.5 Å². The first kappa shape index (κ1) is 22.8. The third kappa shape index (κ3) is 4.85. The van der Waals surface area contributed by atoms with Crippen LogP contribution in [-0.2, 0) is 19.9 Å². The maximum atomic E-state index is 13.1. The van der Waals surface area contributed by atoms with Crippen molar-refractivity contribution in [3.63, 3.8) is 0 Å². The molecule has 0 bridgehead atoms. The van der Waals surface area contributed by atoms with Crippen LogP contribution in [0.3, 0.4) is 0 Å². The predicted octanol–water partition coefficient (Wildman–Crippen LogP) is 3.27. The number of anilines is 1. The summed E-state index contributed by atoms with van der Waals surface area (Å²) < 4.78 is 11.5. The maximum absolute atomic E-state index is 13.1. The van der Waals surface area contributed by atoms with E-state index in [4.69, 9.17) is 9.47 Å². The molecule has 8 heteroatoms. The molecule has 2 aliphatic rings. The number of nitrogens with zero attached hydrogens (tertiary/aromatic N) is 1. The lowest BCUT2D eigenvalue weighted by Gasteiger charge is -2.22. The van der Waals surface area contributed by atoms with Gasteiger partial charge in [-0.1, -0.05) is 35.9 Å². The van der Waals surface area contributed by atoms with Gasteiger partial charge < -0.3 is 20.1 Å². The van der Waals surface area contributed by atoms with Crippen LogP contribution in [-0.4, -0.2) is 48.6 Å². The summed E-state index contributed by atoms with van der Waals surface area (Å²) in [6.45, 7) is 6.26. The predicted molar refractivity (Wildman–Crippen MR) is 123 cm³/mol. The van der Waals surface area contributed by atoms with Crippen molar-refractivity contribution >= 4 is 23.5 Å². The van der Waals surface area contributed by atoms with Crippen LogP contribution in [0, 0.1) is 13.8 Å². The molecule has 2 aromatic carbocycles. The monoisotopic (exact) mass is 451 g/mol. The van der Waals surface area contributed by atoms with Gasteiger partial charge in [0.25, 0.3) is 5.91 Å². The zero-order valence-electron chi connectivity index (χ0n) is 19.1. The number of carbonyl (C=O) groups is 3. The molecule has 174 valence electrons. The van der Waals surface area contributed by atoms with E-state index in [1.807, 2.05) is 38.1 Å². The van der Waals surface area contributed by atoms with Crippen molar-refractivity contribution in [2.24, 2.45) is 0 Å². The fourth-order valence-corrected chi connectivity index (χ4v) is 4.07. The Labute approximate surface area is 193 Å². The van der Waals surface area contributed by atoms with Crippen LogP contribution in [0.15, 0.2) is 42.5 Å². The van der Waals surface area contributed by atoms with E-state index in [1.54, 1.807) is 25.1 Å². The van der Waals surface area contributed by atoms with Crippen LogP contribution >= 0.6 is 0 Å². The van der Waals surface area contributed by atoms with Crippen molar-refractivity contribution in [1.82, 2.24) is 10.2 Å². The Kier molecular flexibility index (Phi) is 6.37. The number of carbonyl (C=O) groups excluding carboxylic acids is 3. The topological polar surface area (TPSA) is 97.0 Å². The van der Waals surface area contributed by atoms with Crippen LogP contribution in [0.4, 0.5) is 10.5 Å². The van der Waals surface area contributed by atoms with Crippen LogP contribution in [0.5, 0.6) is 5.75 Å². The summed E-state index contributed by atoms with van der Waals surface area (Å²) in [5.41, 5.74) is 1.96. The summed E-state index contributed by atoms with van der Waals surface area (Å²) in [5, 5.41) is 5.50. The molecule has 8 nitrogen and oxygen atoms in total. The van der Waals surface area contributed by atoms with Gasteiger partial charge in [0.15, 0.2) is 0 Å². The zero-order chi connectivity index (χ0) is 23.6. The lowest BCUT2D eigenvalue weighted by atomic mass is 9.91. The minimum atomic E-state index is -1.22. The number of urea groups is 1. The molecule has 0 spiro atoms. The molecule has 2 atom stereocenters. The van der Waals surface area contributed by atoms with Gasteiger partial charge in [0, 0.05) is 6.61 Å². The van der Waals surface area contributed by atoms with E-state index in [9.17, 15) is 14.4 Å². The van der Waals surface area contributed by atoms with Crippen molar-refractivity contribution in [2.45, 2.75) is 45.3 Å². The van der Waals surface area contributed by atoms with Gasteiger partial charge in [-0.2, -0.15) is 0 Å². The largest absolute Gasteiger partial charge is 0.489 e. The van der Waals surface area contributed by atoms with Gasteiger partial charge in [-0.15, -0.1) is 0 Å². The number of hydrogen-bond acceptors (Lipinski definition) is 5. The third-order valence-corrected chi connectivity index (χ3v) is 6.07. The van der Waals surface area contributed by atoms with E-state index < -0.39 is 29.9 Å². The van der Waals surface area contributed by atoms with Crippen molar-refractivity contribution in [3.05, 3.63) is 59.2 Å². The Morgan fingerprint density at radius 2 is 1.91 bits per heavy atom. The average molecular weight is 452 g/mol. The Hall–Kier alpha value is -3.39. The van der Waals surface area contributed by atoms with Gasteiger partial charge in [0.1, 0.15) is 24.4 Å². The number of aryl methyl sites for hydroxylation is 2. The summed E-state index contributed by atoms with van der Waals surface area (Å²) in [5.74, 6) is -0.428. The van der Waals surface area contributed by atoms with E-state index in [-0.39, 0.29) is 6.10 Å². The lowest BCUT2D eigenvalue weighted by Crippen LogP contribution is -2.42. The SMILES string of the molecule is Cc1ccc(C2(C)NC(=O)N(CC(=O)Nc3ccc(C)cc3OCC3CCCO3)C2=O)cc1. The number of imide groups is 1. The molecule has 2 saturated heterocycles. The van der Waals surface area contributed by atoms with Crippen molar-refractivity contribution < 1.29 is 23.9 Å². The Balaban J connectivity index is 1.44. The molecule has 0 aromatic heterocycles. The second-order valence-corrected chi connectivity index (χ2v) is 8.81.